The van der Waals surface area contributed by atoms with Gasteiger partial charge in [-0.15, -0.1) is 0 Å². The maximum Gasteiger partial charge on any atom is 0.304 e. The Labute approximate surface area is 132 Å². The van der Waals surface area contributed by atoms with E-state index in [9.17, 15) is 4.79 Å². The van der Waals surface area contributed by atoms with Gasteiger partial charge in [-0.3, -0.25) is 4.79 Å². The van der Waals surface area contributed by atoms with Gasteiger partial charge < -0.3 is 14.6 Å². The average molecular weight is 355 g/mol. The predicted molar refractivity (Wildman–Crippen MR) is 82.1 cm³/mol. The van der Waals surface area contributed by atoms with Crippen molar-refractivity contribution in [2.45, 2.75) is 37.5 Å². The Balaban J connectivity index is 1.88. The summed E-state index contributed by atoms with van der Waals surface area (Å²) in [5.41, 5.74) is 0.807. The summed E-state index contributed by atoms with van der Waals surface area (Å²) in [5.74, 6) is 1.31. The quantitative estimate of drug-likeness (QED) is 0.809. The number of rotatable bonds is 7. The van der Waals surface area contributed by atoms with E-state index < -0.39 is 5.97 Å². The highest BCUT2D eigenvalue weighted by Crippen LogP contribution is 2.53. The van der Waals surface area contributed by atoms with Crippen molar-refractivity contribution < 1.29 is 19.4 Å². The summed E-state index contributed by atoms with van der Waals surface area (Å²) in [6.45, 7) is 0.707. The summed E-state index contributed by atoms with van der Waals surface area (Å²) in [5, 5.41) is 9.11. The summed E-state index contributed by atoms with van der Waals surface area (Å²) < 4.78 is 12.1. The van der Waals surface area contributed by atoms with Crippen molar-refractivity contribution in [1.82, 2.24) is 0 Å². The van der Waals surface area contributed by atoms with E-state index in [0.29, 0.717) is 24.0 Å². The molecule has 4 nitrogen and oxygen atoms in total. The average Bonchev–Trinajstić information content (AvgIpc) is 3.31. The molecule has 2 aliphatic carbocycles. The summed E-state index contributed by atoms with van der Waals surface area (Å²) in [4.78, 5) is 11.1. The molecule has 0 bridgehead atoms. The number of carbonyl (C=O) groups is 1. The first-order chi connectivity index (χ1) is 10.0. The molecule has 1 aromatic rings. The fourth-order valence-electron chi connectivity index (χ4n) is 2.68. The van der Waals surface area contributed by atoms with Crippen LogP contribution < -0.4 is 9.47 Å². The summed E-state index contributed by atoms with van der Waals surface area (Å²) in [6, 6.07) is 3.93. The van der Waals surface area contributed by atoms with E-state index in [0.717, 1.165) is 22.9 Å². The van der Waals surface area contributed by atoms with Crippen LogP contribution in [0.25, 0.3) is 0 Å². The number of halogens is 1. The van der Waals surface area contributed by atoms with Crippen LogP contribution in [0.2, 0.25) is 0 Å². The Bertz CT molecular complexity index is 562. The van der Waals surface area contributed by atoms with Gasteiger partial charge in [0.05, 0.1) is 24.6 Å². The van der Waals surface area contributed by atoms with Gasteiger partial charge in [-0.25, -0.2) is 0 Å². The van der Waals surface area contributed by atoms with Gasteiger partial charge in [0.15, 0.2) is 11.5 Å². The van der Waals surface area contributed by atoms with Crippen molar-refractivity contribution in [2.24, 2.45) is 5.92 Å². The highest BCUT2D eigenvalue weighted by Gasteiger charge is 2.46. The minimum absolute atomic E-state index is 0.174. The lowest BCUT2D eigenvalue weighted by atomic mass is 9.92. The molecule has 0 radical (unpaired) electrons. The Kier molecular flexibility index (Phi) is 3.86. The number of aliphatic carboxylic acids is 1. The topological polar surface area (TPSA) is 55.8 Å². The normalized spacial score (nSPS) is 19.1. The van der Waals surface area contributed by atoms with E-state index in [-0.39, 0.29) is 11.8 Å². The molecule has 0 amide bonds. The molecule has 21 heavy (non-hydrogen) atoms. The van der Waals surface area contributed by atoms with Gasteiger partial charge in [0.1, 0.15) is 0 Å². The van der Waals surface area contributed by atoms with E-state index in [2.05, 4.69) is 15.9 Å². The van der Waals surface area contributed by atoms with Gasteiger partial charge in [-0.1, -0.05) is 0 Å². The maximum absolute atomic E-state index is 11.1. The molecule has 2 fully saturated rings. The van der Waals surface area contributed by atoms with Crippen LogP contribution in [0.5, 0.6) is 11.5 Å². The lowest BCUT2D eigenvalue weighted by molar-refractivity contribution is -0.137. The molecule has 0 unspecified atom stereocenters. The zero-order valence-corrected chi connectivity index (χ0v) is 13.6. The molecule has 0 aromatic heterocycles. The lowest BCUT2D eigenvalue weighted by Crippen LogP contribution is -2.13. The molecule has 114 valence electrons. The predicted octanol–water partition coefficient (Wildman–Crippen LogP) is 3.75. The van der Waals surface area contributed by atoms with Crippen LogP contribution in [0.15, 0.2) is 16.6 Å². The first-order valence-corrected chi connectivity index (χ1v) is 8.06. The van der Waals surface area contributed by atoms with E-state index in [1.807, 2.05) is 12.1 Å². The molecule has 0 atom stereocenters. The fourth-order valence-corrected chi connectivity index (χ4v) is 3.28. The summed E-state index contributed by atoms with van der Waals surface area (Å²) >= 11 is 3.51. The lowest BCUT2D eigenvalue weighted by Gasteiger charge is -2.18. The van der Waals surface area contributed by atoms with Crippen LogP contribution in [-0.4, -0.2) is 24.8 Å². The van der Waals surface area contributed by atoms with Gasteiger partial charge >= 0.3 is 5.97 Å². The molecule has 3 rings (SSSR count). The molecule has 1 aromatic carbocycles. The van der Waals surface area contributed by atoms with Crippen LogP contribution in [0.1, 0.15) is 37.7 Å². The van der Waals surface area contributed by atoms with E-state index in [4.69, 9.17) is 14.6 Å². The van der Waals surface area contributed by atoms with Crippen LogP contribution >= 0.6 is 15.9 Å². The molecular formula is C16H19BrO4. The number of benzene rings is 1. The van der Waals surface area contributed by atoms with Crippen molar-refractivity contribution in [3.8, 4) is 11.5 Å². The second-order valence-electron chi connectivity index (χ2n) is 6.09. The van der Waals surface area contributed by atoms with Crippen molar-refractivity contribution in [1.29, 1.82) is 0 Å². The van der Waals surface area contributed by atoms with E-state index in [1.54, 1.807) is 7.11 Å². The number of carboxylic acids is 1. The standard InChI is InChI=1S/C16H19BrO4/c1-20-15-12(17)6-11(16(4-5-16)8-14(18)19)7-13(15)21-9-10-2-3-10/h6-7,10H,2-5,8-9H2,1H3,(H,18,19). The first kappa shape index (κ1) is 14.7. The van der Waals surface area contributed by atoms with Crippen molar-refractivity contribution in [2.75, 3.05) is 13.7 Å². The van der Waals surface area contributed by atoms with Crippen LogP contribution in [0, 0.1) is 5.92 Å². The first-order valence-electron chi connectivity index (χ1n) is 7.27. The number of ether oxygens (including phenoxy) is 2. The molecule has 2 saturated carbocycles. The Morgan fingerprint density at radius 1 is 1.43 bits per heavy atom. The monoisotopic (exact) mass is 354 g/mol. The van der Waals surface area contributed by atoms with Gasteiger partial charge in [0.2, 0.25) is 0 Å². The van der Waals surface area contributed by atoms with Gasteiger partial charge in [0.25, 0.3) is 0 Å². The highest BCUT2D eigenvalue weighted by molar-refractivity contribution is 9.10. The Hall–Kier alpha value is -1.23. The largest absolute Gasteiger partial charge is 0.492 e. The maximum atomic E-state index is 11.1. The van der Waals surface area contributed by atoms with Crippen molar-refractivity contribution >= 4 is 21.9 Å². The molecule has 0 saturated heterocycles. The molecule has 5 heteroatoms. The second kappa shape index (κ2) is 5.52. The Morgan fingerprint density at radius 3 is 2.67 bits per heavy atom. The smallest absolute Gasteiger partial charge is 0.304 e. The molecular weight excluding hydrogens is 336 g/mol. The summed E-state index contributed by atoms with van der Waals surface area (Å²) in [6.07, 6.45) is 4.46. The molecule has 0 aliphatic heterocycles. The Morgan fingerprint density at radius 2 is 2.14 bits per heavy atom. The third-order valence-corrected chi connectivity index (χ3v) is 4.93. The summed E-state index contributed by atoms with van der Waals surface area (Å²) in [7, 11) is 1.62. The third kappa shape index (κ3) is 3.18. The van der Waals surface area contributed by atoms with E-state index >= 15 is 0 Å². The van der Waals surface area contributed by atoms with Crippen molar-refractivity contribution in [3.63, 3.8) is 0 Å². The van der Waals surface area contributed by atoms with Crippen LogP contribution in [0.3, 0.4) is 0 Å². The number of methoxy groups -OCH3 is 1. The SMILES string of the molecule is COc1c(Br)cc(C2(CC(=O)O)CC2)cc1OCC1CC1. The second-order valence-corrected chi connectivity index (χ2v) is 6.95. The molecule has 0 spiro atoms. The minimum Gasteiger partial charge on any atom is -0.492 e. The molecule has 0 heterocycles. The third-order valence-electron chi connectivity index (χ3n) is 4.34. The van der Waals surface area contributed by atoms with Crippen LogP contribution in [0.4, 0.5) is 0 Å². The zero-order chi connectivity index (χ0) is 15.0. The number of hydrogen-bond acceptors (Lipinski definition) is 3. The number of hydrogen-bond donors (Lipinski definition) is 1. The minimum atomic E-state index is -0.750. The van der Waals surface area contributed by atoms with Crippen LogP contribution in [-0.2, 0) is 10.2 Å². The van der Waals surface area contributed by atoms with Gasteiger partial charge in [-0.05, 0) is 65.2 Å². The zero-order valence-electron chi connectivity index (χ0n) is 12.0. The highest BCUT2D eigenvalue weighted by atomic mass is 79.9. The van der Waals surface area contributed by atoms with E-state index in [1.165, 1.54) is 12.8 Å². The fraction of sp³-hybridized carbons (Fsp3) is 0.562. The van der Waals surface area contributed by atoms with Crippen molar-refractivity contribution in [3.05, 3.63) is 22.2 Å². The molecule has 1 N–H and O–H groups in total. The van der Waals surface area contributed by atoms with Gasteiger partial charge in [-0.2, -0.15) is 0 Å². The number of carboxylic acid groups (broad SMARTS) is 1. The van der Waals surface area contributed by atoms with Gasteiger partial charge in [0, 0.05) is 5.41 Å². The molecule has 2 aliphatic rings.